The third-order valence-corrected chi connectivity index (χ3v) is 8.18. The molecular weight excluding hydrogens is 481 g/mol. The average molecular weight is 502 g/mol. The van der Waals surface area contributed by atoms with E-state index in [4.69, 9.17) is 16.3 Å². The van der Waals surface area contributed by atoms with Crippen LogP contribution in [0, 0.1) is 11.2 Å². The standard InChI is InChI=1S/C21H20FN7O3S2/c22-13-3-7-15(8-4-13)34(31,32)21(9-10-21)16-11-17(23)28-18(27-16)12-1-5-14(6-2-12)26-20(30)29-19(24)33-25/h1-8,11H,9-10,25H2,(H2,23,27,28)(H3,24,26,29,30). The Labute approximate surface area is 198 Å². The van der Waals surface area contributed by atoms with E-state index in [1.54, 1.807) is 24.3 Å². The van der Waals surface area contributed by atoms with Gasteiger partial charge < -0.3 is 11.1 Å². The molecule has 1 aliphatic carbocycles. The van der Waals surface area contributed by atoms with E-state index < -0.39 is 26.4 Å². The Bertz CT molecular complexity index is 1360. The minimum atomic E-state index is -3.84. The highest BCUT2D eigenvalue weighted by Gasteiger charge is 2.57. The van der Waals surface area contributed by atoms with Crippen LogP contribution in [0.4, 0.5) is 20.7 Å². The van der Waals surface area contributed by atoms with E-state index in [0.29, 0.717) is 36.0 Å². The number of carbonyl (C=O) groups excluding carboxylic acids is 1. The van der Waals surface area contributed by atoms with Gasteiger partial charge in [-0.25, -0.2) is 27.6 Å². The summed E-state index contributed by atoms with van der Waals surface area (Å²) in [6.45, 7) is 0. The zero-order valence-corrected chi connectivity index (χ0v) is 19.2. The number of halogens is 1. The average Bonchev–Trinajstić information content (AvgIpc) is 3.62. The van der Waals surface area contributed by atoms with Gasteiger partial charge in [-0.05, 0) is 73.3 Å². The van der Waals surface area contributed by atoms with E-state index in [1.807, 2.05) is 0 Å². The predicted molar refractivity (Wildman–Crippen MR) is 128 cm³/mol. The van der Waals surface area contributed by atoms with Gasteiger partial charge >= 0.3 is 6.03 Å². The van der Waals surface area contributed by atoms with Gasteiger partial charge in [-0.1, -0.05) is 0 Å². The smallest absolute Gasteiger partial charge is 0.325 e. The molecule has 2 amide bonds. The SMILES string of the molecule is N=C(NC(=O)Nc1ccc(-c2nc(N)cc(C3(S(=O)(=O)c4ccc(F)cc4)CC3)n2)cc1)SN. The molecular formula is C21H20FN7O3S2. The van der Waals surface area contributed by atoms with Crippen molar-refractivity contribution in [3.8, 4) is 11.4 Å². The molecule has 3 aromatic rings. The monoisotopic (exact) mass is 501 g/mol. The number of sulfone groups is 1. The second kappa shape index (κ2) is 9.00. The van der Waals surface area contributed by atoms with Gasteiger partial charge in [0, 0.05) is 17.3 Å². The lowest BCUT2D eigenvalue weighted by atomic mass is 10.1. The number of amidine groups is 1. The third kappa shape index (κ3) is 4.58. The number of carbonyl (C=O) groups is 1. The minimum absolute atomic E-state index is 0.0138. The van der Waals surface area contributed by atoms with Crippen molar-refractivity contribution >= 4 is 44.5 Å². The van der Waals surface area contributed by atoms with Gasteiger partial charge in [-0.3, -0.25) is 15.9 Å². The van der Waals surface area contributed by atoms with Gasteiger partial charge in [-0.15, -0.1) is 0 Å². The summed E-state index contributed by atoms with van der Waals surface area (Å²) in [5, 5.41) is 17.1. The number of anilines is 2. The van der Waals surface area contributed by atoms with E-state index in [2.05, 4.69) is 20.6 Å². The van der Waals surface area contributed by atoms with Crippen molar-refractivity contribution in [3.63, 3.8) is 0 Å². The summed E-state index contributed by atoms with van der Waals surface area (Å²) in [5.41, 5.74) is 7.26. The molecule has 7 N–H and O–H groups in total. The molecule has 0 atom stereocenters. The first kappa shape index (κ1) is 23.6. The van der Waals surface area contributed by atoms with Crippen LogP contribution < -0.4 is 21.5 Å². The second-order valence-corrected chi connectivity index (χ2v) is 10.5. The lowest BCUT2D eigenvalue weighted by Gasteiger charge is -2.17. The number of nitrogens with one attached hydrogen (secondary N) is 3. The third-order valence-electron chi connectivity index (χ3n) is 5.30. The second-order valence-electron chi connectivity index (χ2n) is 7.56. The fourth-order valence-electron chi connectivity index (χ4n) is 3.44. The quantitative estimate of drug-likeness (QED) is 0.153. The van der Waals surface area contributed by atoms with E-state index in [9.17, 15) is 17.6 Å². The summed E-state index contributed by atoms with van der Waals surface area (Å²) in [7, 11) is -3.84. The number of nitrogens with two attached hydrogens (primary N) is 2. The van der Waals surface area contributed by atoms with Gasteiger partial charge in [0.15, 0.2) is 20.8 Å². The molecule has 176 valence electrons. The Kier molecular flexibility index (Phi) is 6.25. The van der Waals surface area contributed by atoms with Gasteiger partial charge in [0.25, 0.3) is 0 Å². The molecule has 1 heterocycles. The molecule has 0 bridgehead atoms. The van der Waals surface area contributed by atoms with Gasteiger partial charge in [0.1, 0.15) is 16.4 Å². The van der Waals surface area contributed by atoms with Crippen molar-refractivity contribution in [1.82, 2.24) is 15.3 Å². The van der Waals surface area contributed by atoms with Crippen molar-refractivity contribution < 1.29 is 17.6 Å². The number of hydrogen-bond acceptors (Lipinski definition) is 9. The Morgan fingerprint density at radius 3 is 2.32 bits per heavy atom. The first-order valence-electron chi connectivity index (χ1n) is 9.93. The number of aromatic nitrogens is 2. The fraction of sp³-hybridized carbons (Fsp3) is 0.143. The van der Waals surface area contributed by atoms with Gasteiger partial charge in [0.05, 0.1) is 10.6 Å². The van der Waals surface area contributed by atoms with Crippen LogP contribution in [-0.4, -0.2) is 29.6 Å². The van der Waals surface area contributed by atoms with Gasteiger partial charge in [0.2, 0.25) is 0 Å². The maximum Gasteiger partial charge on any atom is 0.325 e. The first-order chi connectivity index (χ1) is 16.1. The van der Waals surface area contributed by atoms with Crippen LogP contribution in [0.1, 0.15) is 18.5 Å². The number of benzene rings is 2. The van der Waals surface area contributed by atoms with Crippen molar-refractivity contribution in [2.24, 2.45) is 5.14 Å². The minimum Gasteiger partial charge on any atom is -0.384 e. The molecule has 1 fully saturated rings. The molecule has 0 aliphatic heterocycles. The topological polar surface area (TPSA) is 177 Å². The Morgan fingerprint density at radius 1 is 1.09 bits per heavy atom. The summed E-state index contributed by atoms with van der Waals surface area (Å²) in [6, 6.07) is 12.0. The summed E-state index contributed by atoms with van der Waals surface area (Å²) in [5.74, 6) is -0.183. The summed E-state index contributed by atoms with van der Waals surface area (Å²) in [6.07, 6.45) is 0.716. The predicted octanol–water partition coefficient (Wildman–Crippen LogP) is 2.99. The van der Waals surface area contributed by atoms with E-state index in [0.717, 1.165) is 12.1 Å². The normalized spacial score (nSPS) is 14.3. The Balaban J connectivity index is 1.61. The fourth-order valence-corrected chi connectivity index (χ4v) is 5.56. The van der Waals surface area contributed by atoms with Crippen molar-refractivity contribution in [2.45, 2.75) is 22.5 Å². The first-order valence-corrected chi connectivity index (χ1v) is 12.3. The largest absolute Gasteiger partial charge is 0.384 e. The van der Waals surface area contributed by atoms with E-state index in [1.165, 1.54) is 18.2 Å². The summed E-state index contributed by atoms with van der Waals surface area (Å²) >= 11 is 0.597. The van der Waals surface area contributed by atoms with Crippen LogP contribution in [0.3, 0.4) is 0 Å². The van der Waals surface area contributed by atoms with E-state index >= 15 is 0 Å². The van der Waals surface area contributed by atoms with Crippen molar-refractivity contribution in [3.05, 3.63) is 66.1 Å². The van der Waals surface area contributed by atoms with E-state index in [-0.39, 0.29) is 27.4 Å². The zero-order valence-electron chi connectivity index (χ0n) is 17.6. The highest BCUT2D eigenvalue weighted by molar-refractivity contribution is 8.11. The summed E-state index contributed by atoms with van der Waals surface area (Å²) < 4.78 is 38.7. The van der Waals surface area contributed by atoms with Crippen molar-refractivity contribution in [1.29, 1.82) is 5.41 Å². The van der Waals surface area contributed by atoms with Crippen LogP contribution in [0.15, 0.2) is 59.5 Å². The number of nitrogens with zero attached hydrogens (tertiary/aromatic N) is 2. The molecule has 34 heavy (non-hydrogen) atoms. The molecule has 1 aliphatic rings. The molecule has 0 radical (unpaired) electrons. The number of hydrogen-bond donors (Lipinski definition) is 5. The Hall–Kier alpha value is -3.55. The molecule has 10 nitrogen and oxygen atoms in total. The van der Waals surface area contributed by atoms with Crippen LogP contribution in [0.2, 0.25) is 0 Å². The van der Waals surface area contributed by atoms with Crippen LogP contribution >= 0.6 is 11.9 Å². The van der Waals surface area contributed by atoms with Crippen molar-refractivity contribution in [2.75, 3.05) is 11.1 Å². The molecule has 0 unspecified atom stereocenters. The number of rotatable bonds is 5. The number of urea groups is 1. The maximum atomic E-state index is 13.3. The maximum absolute atomic E-state index is 13.3. The lowest BCUT2D eigenvalue weighted by molar-refractivity contribution is 0.256. The molecule has 2 aromatic carbocycles. The van der Waals surface area contributed by atoms with Crippen LogP contribution in [0.5, 0.6) is 0 Å². The molecule has 0 saturated heterocycles. The number of nitrogen functional groups attached to an aromatic ring is 1. The van der Waals surface area contributed by atoms with Crippen LogP contribution in [-0.2, 0) is 14.6 Å². The Morgan fingerprint density at radius 2 is 1.74 bits per heavy atom. The zero-order chi connectivity index (χ0) is 24.5. The molecule has 1 aromatic heterocycles. The molecule has 1 saturated carbocycles. The van der Waals surface area contributed by atoms with Crippen LogP contribution in [0.25, 0.3) is 11.4 Å². The number of amides is 2. The lowest BCUT2D eigenvalue weighted by Crippen LogP contribution is -2.32. The molecule has 4 rings (SSSR count). The highest BCUT2D eigenvalue weighted by atomic mass is 32.2. The highest BCUT2D eigenvalue weighted by Crippen LogP contribution is 2.54. The van der Waals surface area contributed by atoms with Gasteiger partial charge in [-0.2, -0.15) is 0 Å². The summed E-state index contributed by atoms with van der Waals surface area (Å²) in [4.78, 5) is 20.6. The molecule has 13 heteroatoms. The molecule has 0 spiro atoms.